The summed E-state index contributed by atoms with van der Waals surface area (Å²) in [5.41, 5.74) is 1.20. The van der Waals surface area contributed by atoms with Crippen molar-refractivity contribution in [3.63, 3.8) is 0 Å². The Balaban J connectivity index is 1.76. The van der Waals surface area contributed by atoms with E-state index in [2.05, 4.69) is 13.0 Å². The van der Waals surface area contributed by atoms with Gasteiger partial charge >= 0.3 is 0 Å². The Morgan fingerprint density at radius 3 is 2.43 bits per heavy atom. The Kier molecular flexibility index (Phi) is 5.19. The fraction of sp³-hybridized carbons (Fsp3) is 0.444. The zero-order valence-corrected chi connectivity index (χ0v) is 15.1. The van der Waals surface area contributed by atoms with Gasteiger partial charge in [0.1, 0.15) is 0 Å². The molecule has 1 heterocycles. The fourth-order valence-electron chi connectivity index (χ4n) is 2.79. The van der Waals surface area contributed by atoms with Crippen molar-refractivity contribution in [3.05, 3.63) is 52.2 Å². The molecule has 23 heavy (non-hydrogen) atoms. The molecular formula is C18H23NO2S2. The molecule has 1 fully saturated rings. The molecule has 0 unspecified atom stereocenters. The molecule has 2 aromatic rings. The van der Waals surface area contributed by atoms with E-state index in [1.807, 2.05) is 23.6 Å². The normalized spacial score (nSPS) is 15.2. The highest BCUT2D eigenvalue weighted by molar-refractivity contribution is 7.89. The minimum Gasteiger partial charge on any atom is -0.207 e. The molecule has 0 atom stereocenters. The lowest BCUT2D eigenvalue weighted by atomic mass is 10.1. The summed E-state index contributed by atoms with van der Waals surface area (Å²) in [6.07, 6.45) is 4.82. The molecule has 0 radical (unpaired) electrons. The van der Waals surface area contributed by atoms with E-state index in [4.69, 9.17) is 0 Å². The van der Waals surface area contributed by atoms with E-state index in [-0.39, 0.29) is 6.04 Å². The van der Waals surface area contributed by atoms with Crippen LogP contribution in [0, 0.1) is 0 Å². The Labute approximate surface area is 143 Å². The van der Waals surface area contributed by atoms with Crippen molar-refractivity contribution in [1.82, 2.24) is 4.31 Å². The molecule has 0 spiro atoms. The Morgan fingerprint density at radius 2 is 1.87 bits per heavy atom. The predicted octanol–water partition coefficient (Wildman–Crippen LogP) is 4.10. The van der Waals surface area contributed by atoms with Gasteiger partial charge in [-0.3, -0.25) is 0 Å². The number of rotatable bonds is 8. The highest BCUT2D eigenvalue weighted by atomic mass is 32.2. The predicted molar refractivity (Wildman–Crippen MR) is 95.4 cm³/mol. The Hall–Kier alpha value is -1.17. The lowest BCUT2D eigenvalue weighted by Gasteiger charge is -2.21. The van der Waals surface area contributed by atoms with Crippen LogP contribution in [0.1, 0.15) is 36.6 Å². The topological polar surface area (TPSA) is 37.4 Å². The van der Waals surface area contributed by atoms with Crippen LogP contribution >= 0.6 is 11.3 Å². The molecule has 0 aliphatic heterocycles. The quantitative estimate of drug-likeness (QED) is 0.719. The van der Waals surface area contributed by atoms with Gasteiger partial charge < -0.3 is 0 Å². The minimum absolute atomic E-state index is 0.190. The second-order valence-electron chi connectivity index (χ2n) is 6.07. The average Bonchev–Trinajstić information content (AvgIpc) is 3.23. The average molecular weight is 350 g/mol. The first-order valence-electron chi connectivity index (χ1n) is 8.24. The third kappa shape index (κ3) is 4.03. The number of sulfonamides is 1. The summed E-state index contributed by atoms with van der Waals surface area (Å²) in [5, 5.41) is 2.04. The van der Waals surface area contributed by atoms with Crippen molar-refractivity contribution in [1.29, 1.82) is 0 Å². The van der Waals surface area contributed by atoms with Gasteiger partial charge in [0.2, 0.25) is 10.0 Å². The van der Waals surface area contributed by atoms with Crippen LogP contribution in [-0.4, -0.2) is 25.3 Å². The van der Waals surface area contributed by atoms with Crippen LogP contribution in [0.25, 0.3) is 0 Å². The second-order valence-corrected chi connectivity index (χ2v) is 8.99. The molecule has 124 valence electrons. The van der Waals surface area contributed by atoms with Gasteiger partial charge in [0.15, 0.2) is 0 Å². The van der Waals surface area contributed by atoms with E-state index in [1.165, 1.54) is 10.4 Å². The highest BCUT2D eigenvalue weighted by Crippen LogP contribution is 2.32. The van der Waals surface area contributed by atoms with Gasteiger partial charge in [-0.2, -0.15) is 4.31 Å². The molecular weight excluding hydrogens is 326 g/mol. The standard InChI is InChI=1S/C18H23NO2S2/c1-2-4-15-6-10-18(11-7-15)23(20,21)19(16-8-9-16)13-12-17-5-3-14-22-17/h3,5-7,10-11,14,16H,2,4,8-9,12-13H2,1H3. The van der Waals surface area contributed by atoms with Gasteiger partial charge in [0.05, 0.1) is 4.90 Å². The number of thiophene rings is 1. The minimum atomic E-state index is -3.38. The SMILES string of the molecule is CCCc1ccc(S(=O)(=O)N(CCc2cccs2)C2CC2)cc1. The van der Waals surface area contributed by atoms with Gasteiger partial charge in [-0.1, -0.05) is 31.5 Å². The molecule has 3 nitrogen and oxygen atoms in total. The fourth-order valence-corrected chi connectivity index (χ4v) is 5.17. The maximum Gasteiger partial charge on any atom is 0.243 e. The molecule has 3 rings (SSSR count). The van der Waals surface area contributed by atoms with Gasteiger partial charge in [0, 0.05) is 17.5 Å². The molecule has 0 bridgehead atoms. The monoisotopic (exact) mass is 349 g/mol. The van der Waals surface area contributed by atoms with E-state index in [0.29, 0.717) is 11.4 Å². The van der Waals surface area contributed by atoms with Crippen molar-refractivity contribution in [2.75, 3.05) is 6.54 Å². The smallest absolute Gasteiger partial charge is 0.207 e. The third-order valence-electron chi connectivity index (χ3n) is 4.18. The number of benzene rings is 1. The van der Waals surface area contributed by atoms with Gasteiger partial charge in [-0.25, -0.2) is 8.42 Å². The Morgan fingerprint density at radius 1 is 1.13 bits per heavy atom. The highest BCUT2D eigenvalue weighted by Gasteiger charge is 2.37. The van der Waals surface area contributed by atoms with Crippen LogP contribution in [0.3, 0.4) is 0 Å². The van der Waals surface area contributed by atoms with Crippen LogP contribution < -0.4 is 0 Å². The van der Waals surface area contributed by atoms with Crippen molar-refractivity contribution in [2.24, 2.45) is 0 Å². The van der Waals surface area contributed by atoms with Gasteiger partial charge in [-0.15, -0.1) is 11.3 Å². The van der Waals surface area contributed by atoms with E-state index < -0.39 is 10.0 Å². The van der Waals surface area contributed by atoms with Gasteiger partial charge in [0.25, 0.3) is 0 Å². The van der Waals surface area contributed by atoms with Crippen LogP contribution in [0.4, 0.5) is 0 Å². The summed E-state index contributed by atoms with van der Waals surface area (Å²) in [6.45, 7) is 2.70. The first-order chi connectivity index (χ1) is 11.1. The lowest BCUT2D eigenvalue weighted by Crippen LogP contribution is -2.34. The summed E-state index contributed by atoms with van der Waals surface area (Å²) in [5.74, 6) is 0. The molecule has 0 amide bonds. The second kappa shape index (κ2) is 7.16. The first-order valence-corrected chi connectivity index (χ1v) is 10.6. The third-order valence-corrected chi connectivity index (χ3v) is 7.08. The van der Waals surface area contributed by atoms with Crippen LogP contribution in [0.2, 0.25) is 0 Å². The van der Waals surface area contributed by atoms with E-state index in [0.717, 1.165) is 32.1 Å². The molecule has 1 aliphatic rings. The van der Waals surface area contributed by atoms with Crippen LogP contribution in [-0.2, 0) is 22.9 Å². The summed E-state index contributed by atoms with van der Waals surface area (Å²) in [6, 6.07) is 11.7. The van der Waals surface area contributed by atoms with E-state index in [1.54, 1.807) is 27.8 Å². The number of nitrogens with zero attached hydrogens (tertiary/aromatic N) is 1. The molecule has 1 aromatic heterocycles. The van der Waals surface area contributed by atoms with Gasteiger partial charge in [-0.05, 0) is 54.8 Å². The summed E-state index contributed by atoms with van der Waals surface area (Å²) < 4.78 is 27.7. The largest absolute Gasteiger partial charge is 0.243 e. The van der Waals surface area contributed by atoms with E-state index >= 15 is 0 Å². The summed E-state index contributed by atoms with van der Waals surface area (Å²) in [7, 11) is -3.38. The molecule has 0 N–H and O–H groups in total. The Bertz CT molecular complexity index is 717. The molecule has 0 saturated heterocycles. The number of aryl methyl sites for hydroxylation is 1. The zero-order valence-electron chi connectivity index (χ0n) is 13.4. The molecule has 1 aromatic carbocycles. The zero-order chi connectivity index (χ0) is 16.3. The molecule has 5 heteroatoms. The van der Waals surface area contributed by atoms with Crippen LogP contribution in [0.5, 0.6) is 0 Å². The maximum absolute atomic E-state index is 13.0. The van der Waals surface area contributed by atoms with Crippen molar-refractivity contribution >= 4 is 21.4 Å². The van der Waals surface area contributed by atoms with E-state index in [9.17, 15) is 8.42 Å². The van der Waals surface area contributed by atoms with Crippen LogP contribution in [0.15, 0.2) is 46.7 Å². The van der Waals surface area contributed by atoms with Crippen molar-refractivity contribution < 1.29 is 8.42 Å². The summed E-state index contributed by atoms with van der Waals surface area (Å²) in [4.78, 5) is 1.67. The maximum atomic E-state index is 13.0. The van der Waals surface area contributed by atoms with Crippen molar-refractivity contribution in [3.8, 4) is 0 Å². The first kappa shape index (κ1) is 16.7. The molecule has 1 aliphatic carbocycles. The number of hydrogen-bond donors (Lipinski definition) is 0. The van der Waals surface area contributed by atoms with Crippen molar-refractivity contribution in [2.45, 2.75) is 50.0 Å². The lowest BCUT2D eigenvalue weighted by molar-refractivity contribution is 0.408. The molecule has 1 saturated carbocycles. The number of hydrogen-bond acceptors (Lipinski definition) is 3. The summed E-state index contributed by atoms with van der Waals surface area (Å²) >= 11 is 1.69.